The van der Waals surface area contributed by atoms with E-state index in [-0.39, 0.29) is 25.8 Å². The van der Waals surface area contributed by atoms with E-state index in [9.17, 15) is 9.59 Å². The molecule has 0 saturated carbocycles. The molecule has 0 bridgehead atoms. The Morgan fingerprint density at radius 3 is 2.12 bits per heavy atom. The van der Waals surface area contributed by atoms with Gasteiger partial charge < -0.3 is 14.2 Å². The van der Waals surface area contributed by atoms with Crippen molar-refractivity contribution in [3.8, 4) is 5.75 Å². The zero-order chi connectivity index (χ0) is 17.7. The minimum atomic E-state index is -1.27. The molecule has 1 atom stereocenters. The number of rotatable bonds is 6. The molecule has 6 nitrogen and oxygen atoms in total. The lowest BCUT2D eigenvalue weighted by molar-refractivity contribution is -0.171. The van der Waals surface area contributed by atoms with Crippen LogP contribution in [0, 0.1) is 5.41 Å². The molecule has 1 aromatic carbocycles. The highest BCUT2D eigenvalue weighted by Crippen LogP contribution is 2.44. The summed E-state index contributed by atoms with van der Waals surface area (Å²) >= 11 is 0. The third kappa shape index (κ3) is 3.38. The van der Waals surface area contributed by atoms with Crippen LogP contribution in [0.3, 0.4) is 0 Å². The monoisotopic (exact) mass is 335 g/mol. The molecule has 0 spiro atoms. The zero-order valence-electron chi connectivity index (χ0n) is 14.7. The third-order valence-corrected chi connectivity index (χ3v) is 4.43. The van der Waals surface area contributed by atoms with Gasteiger partial charge in [-0.15, -0.1) is 0 Å². The number of carbonyl (C=O) groups is 2. The van der Waals surface area contributed by atoms with Gasteiger partial charge in [-0.25, -0.2) is 0 Å². The topological polar surface area (TPSA) is 65.1 Å². The lowest BCUT2D eigenvalue weighted by Gasteiger charge is -2.23. The molecule has 132 valence electrons. The van der Waals surface area contributed by atoms with Crippen LogP contribution >= 0.6 is 0 Å². The van der Waals surface area contributed by atoms with Crippen molar-refractivity contribution in [1.82, 2.24) is 4.90 Å². The van der Waals surface area contributed by atoms with E-state index in [0.29, 0.717) is 6.42 Å². The normalized spacial score (nSPS) is 19.8. The predicted octanol–water partition coefficient (Wildman–Crippen LogP) is 2.18. The molecule has 1 unspecified atom stereocenters. The van der Waals surface area contributed by atoms with Crippen molar-refractivity contribution in [2.75, 3.05) is 33.9 Å². The molecule has 0 aromatic heterocycles. The van der Waals surface area contributed by atoms with E-state index in [1.165, 1.54) is 0 Å². The summed E-state index contributed by atoms with van der Waals surface area (Å²) in [5.74, 6) is -0.251. The molecule has 6 heteroatoms. The molecule has 1 aliphatic heterocycles. The van der Waals surface area contributed by atoms with E-state index < -0.39 is 17.4 Å². The van der Waals surface area contributed by atoms with Gasteiger partial charge in [0.15, 0.2) is 5.41 Å². The smallest absolute Gasteiger partial charge is 0.324 e. The second kappa shape index (κ2) is 7.66. The number of ether oxygens (including phenoxy) is 3. The van der Waals surface area contributed by atoms with Gasteiger partial charge in [-0.05, 0) is 45.0 Å². The summed E-state index contributed by atoms with van der Waals surface area (Å²) in [6, 6.07) is 7.58. The Kier molecular flexibility index (Phi) is 5.83. The van der Waals surface area contributed by atoms with Gasteiger partial charge in [0.05, 0.1) is 20.3 Å². The molecule has 2 rings (SSSR count). The second-order valence-corrected chi connectivity index (χ2v) is 5.93. The first-order valence-corrected chi connectivity index (χ1v) is 8.17. The van der Waals surface area contributed by atoms with Crippen LogP contribution in [-0.4, -0.2) is 50.8 Å². The van der Waals surface area contributed by atoms with Crippen LogP contribution < -0.4 is 4.74 Å². The van der Waals surface area contributed by atoms with Crippen LogP contribution in [0.2, 0.25) is 0 Å². The molecule has 1 aliphatic rings. The number of esters is 2. The SMILES string of the molecule is CCOC(=O)C1(C(=O)OCC)CC(c2ccc(OC)cc2)N(C)C1. The van der Waals surface area contributed by atoms with E-state index in [2.05, 4.69) is 0 Å². The lowest BCUT2D eigenvalue weighted by Crippen LogP contribution is -2.44. The molecular weight excluding hydrogens is 310 g/mol. The van der Waals surface area contributed by atoms with E-state index in [0.717, 1.165) is 11.3 Å². The number of benzene rings is 1. The summed E-state index contributed by atoms with van der Waals surface area (Å²) in [7, 11) is 3.51. The molecule has 1 fully saturated rings. The Bertz CT molecular complexity index is 566. The number of methoxy groups -OCH3 is 1. The van der Waals surface area contributed by atoms with Crippen molar-refractivity contribution in [2.24, 2.45) is 5.41 Å². The first-order chi connectivity index (χ1) is 11.5. The molecule has 0 aliphatic carbocycles. The summed E-state index contributed by atoms with van der Waals surface area (Å²) in [6.45, 7) is 4.21. The Labute approximate surface area is 142 Å². The van der Waals surface area contributed by atoms with Crippen LogP contribution in [0.15, 0.2) is 24.3 Å². The Balaban J connectivity index is 2.30. The highest BCUT2D eigenvalue weighted by atomic mass is 16.6. The summed E-state index contributed by atoms with van der Waals surface area (Å²) in [4.78, 5) is 27.1. The summed E-state index contributed by atoms with van der Waals surface area (Å²) < 4.78 is 15.5. The van der Waals surface area contributed by atoms with Gasteiger partial charge >= 0.3 is 11.9 Å². The van der Waals surface area contributed by atoms with Crippen molar-refractivity contribution in [3.05, 3.63) is 29.8 Å². The largest absolute Gasteiger partial charge is 0.497 e. The number of nitrogens with zero attached hydrogens (tertiary/aromatic N) is 1. The first-order valence-electron chi connectivity index (χ1n) is 8.17. The molecule has 0 radical (unpaired) electrons. The van der Waals surface area contributed by atoms with Crippen LogP contribution in [0.5, 0.6) is 5.75 Å². The average Bonchev–Trinajstić information content (AvgIpc) is 2.94. The molecule has 0 N–H and O–H groups in total. The summed E-state index contributed by atoms with van der Waals surface area (Å²) in [6.07, 6.45) is 0.341. The average molecular weight is 335 g/mol. The minimum Gasteiger partial charge on any atom is -0.497 e. The van der Waals surface area contributed by atoms with Gasteiger partial charge in [-0.1, -0.05) is 12.1 Å². The van der Waals surface area contributed by atoms with Crippen LogP contribution in [0.1, 0.15) is 31.9 Å². The maximum Gasteiger partial charge on any atom is 0.324 e. The van der Waals surface area contributed by atoms with Gasteiger partial charge in [0.2, 0.25) is 0 Å². The molecular formula is C18H25NO5. The van der Waals surface area contributed by atoms with Crippen molar-refractivity contribution >= 4 is 11.9 Å². The van der Waals surface area contributed by atoms with Crippen molar-refractivity contribution < 1.29 is 23.8 Å². The standard InChI is InChI=1S/C18H25NO5/c1-5-23-16(20)18(17(21)24-6-2)11-15(19(3)12-18)13-7-9-14(22-4)10-8-13/h7-10,15H,5-6,11-12H2,1-4H3. The fourth-order valence-corrected chi connectivity index (χ4v) is 3.20. The summed E-state index contributed by atoms with van der Waals surface area (Å²) in [5, 5.41) is 0. The second-order valence-electron chi connectivity index (χ2n) is 5.93. The number of hydrogen-bond donors (Lipinski definition) is 0. The van der Waals surface area contributed by atoms with Gasteiger partial charge in [-0.3, -0.25) is 14.5 Å². The number of carbonyl (C=O) groups excluding carboxylic acids is 2. The quantitative estimate of drug-likeness (QED) is 0.586. The fourth-order valence-electron chi connectivity index (χ4n) is 3.20. The van der Waals surface area contributed by atoms with E-state index >= 15 is 0 Å². The molecule has 1 saturated heterocycles. The van der Waals surface area contributed by atoms with Crippen molar-refractivity contribution in [3.63, 3.8) is 0 Å². The third-order valence-electron chi connectivity index (χ3n) is 4.43. The fraction of sp³-hybridized carbons (Fsp3) is 0.556. The molecule has 0 amide bonds. The Morgan fingerprint density at radius 2 is 1.67 bits per heavy atom. The maximum absolute atomic E-state index is 12.5. The number of hydrogen-bond acceptors (Lipinski definition) is 6. The molecule has 24 heavy (non-hydrogen) atoms. The van der Waals surface area contributed by atoms with E-state index in [1.807, 2.05) is 36.2 Å². The van der Waals surface area contributed by atoms with Crippen molar-refractivity contribution in [1.29, 1.82) is 0 Å². The molecule has 1 heterocycles. The van der Waals surface area contributed by atoms with Gasteiger partial charge in [0.25, 0.3) is 0 Å². The van der Waals surface area contributed by atoms with Gasteiger partial charge in [-0.2, -0.15) is 0 Å². The van der Waals surface area contributed by atoms with Gasteiger partial charge in [0.1, 0.15) is 5.75 Å². The minimum absolute atomic E-state index is 0.0651. The zero-order valence-corrected chi connectivity index (χ0v) is 14.7. The lowest BCUT2D eigenvalue weighted by atomic mass is 9.84. The Morgan fingerprint density at radius 1 is 1.12 bits per heavy atom. The van der Waals surface area contributed by atoms with Gasteiger partial charge in [0, 0.05) is 12.6 Å². The van der Waals surface area contributed by atoms with Crippen LogP contribution in [0.4, 0.5) is 0 Å². The van der Waals surface area contributed by atoms with E-state index in [4.69, 9.17) is 14.2 Å². The number of likely N-dealkylation sites (tertiary alicyclic amines) is 1. The molecule has 1 aromatic rings. The Hall–Kier alpha value is -2.08. The highest BCUT2D eigenvalue weighted by molar-refractivity contribution is 6.01. The van der Waals surface area contributed by atoms with Crippen LogP contribution in [-0.2, 0) is 19.1 Å². The first kappa shape index (κ1) is 18.3. The van der Waals surface area contributed by atoms with Crippen LogP contribution in [0.25, 0.3) is 0 Å². The predicted molar refractivity (Wildman–Crippen MR) is 88.7 cm³/mol. The van der Waals surface area contributed by atoms with Crippen molar-refractivity contribution in [2.45, 2.75) is 26.3 Å². The summed E-state index contributed by atoms with van der Waals surface area (Å²) in [5.41, 5.74) is -0.250. The highest BCUT2D eigenvalue weighted by Gasteiger charge is 2.56. The maximum atomic E-state index is 12.5. The van der Waals surface area contributed by atoms with E-state index in [1.54, 1.807) is 21.0 Å².